The number of nitrogens with one attached hydrogen (secondary N) is 1. The molecule has 1 amide bonds. The Bertz CT molecular complexity index is 417. The van der Waals surface area contributed by atoms with E-state index in [1.807, 2.05) is 29.2 Å². The fourth-order valence-corrected chi connectivity index (χ4v) is 2.18. The molecule has 1 aromatic carbocycles. The Hall–Kier alpha value is -1.46. The van der Waals surface area contributed by atoms with Crippen molar-refractivity contribution >= 4 is 18.3 Å². The highest BCUT2D eigenvalue weighted by Crippen LogP contribution is 2.17. The molecular formula is C15H23ClN2O3. The number of benzene rings is 1. The van der Waals surface area contributed by atoms with E-state index in [2.05, 4.69) is 5.32 Å². The largest absolute Gasteiger partial charge is 0.497 e. The Morgan fingerprint density at radius 1 is 1.19 bits per heavy atom. The first-order valence-electron chi connectivity index (χ1n) is 7.05. The summed E-state index contributed by atoms with van der Waals surface area (Å²) in [5.41, 5.74) is 0. The molecule has 5 nitrogen and oxygen atoms in total. The third-order valence-corrected chi connectivity index (χ3v) is 3.34. The number of methoxy groups -OCH3 is 1. The minimum Gasteiger partial charge on any atom is -0.497 e. The fourth-order valence-electron chi connectivity index (χ4n) is 2.18. The van der Waals surface area contributed by atoms with Gasteiger partial charge in [-0.3, -0.25) is 4.79 Å². The predicted octanol–water partition coefficient (Wildman–Crippen LogP) is 1.71. The van der Waals surface area contributed by atoms with Gasteiger partial charge in [0.25, 0.3) is 0 Å². The highest BCUT2D eigenvalue weighted by Gasteiger charge is 2.14. The number of amides is 1. The van der Waals surface area contributed by atoms with E-state index in [-0.39, 0.29) is 18.3 Å². The van der Waals surface area contributed by atoms with Crippen molar-refractivity contribution < 1.29 is 14.3 Å². The first kappa shape index (κ1) is 17.6. The van der Waals surface area contributed by atoms with E-state index in [4.69, 9.17) is 9.47 Å². The zero-order valence-corrected chi connectivity index (χ0v) is 13.2. The van der Waals surface area contributed by atoms with Crippen LogP contribution in [0.15, 0.2) is 24.3 Å². The molecule has 0 bridgehead atoms. The van der Waals surface area contributed by atoms with Crippen molar-refractivity contribution in [1.82, 2.24) is 10.2 Å². The van der Waals surface area contributed by atoms with Crippen molar-refractivity contribution in [3.05, 3.63) is 24.3 Å². The first-order valence-corrected chi connectivity index (χ1v) is 7.05. The molecule has 1 saturated heterocycles. The molecule has 0 unspecified atom stereocenters. The maximum atomic E-state index is 12.0. The maximum absolute atomic E-state index is 12.0. The summed E-state index contributed by atoms with van der Waals surface area (Å²) in [6, 6.07) is 7.38. The van der Waals surface area contributed by atoms with Crippen molar-refractivity contribution in [3.63, 3.8) is 0 Å². The van der Waals surface area contributed by atoms with Crippen LogP contribution in [-0.4, -0.2) is 50.7 Å². The number of halogens is 1. The van der Waals surface area contributed by atoms with Crippen molar-refractivity contribution in [3.8, 4) is 11.5 Å². The van der Waals surface area contributed by atoms with E-state index in [1.165, 1.54) is 0 Å². The number of hydrogen-bond acceptors (Lipinski definition) is 4. The van der Waals surface area contributed by atoms with Gasteiger partial charge in [-0.2, -0.15) is 0 Å². The minimum atomic E-state index is 0. The summed E-state index contributed by atoms with van der Waals surface area (Å²) in [5, 5.41) is 3.29. The Morgan fingerprint density at radius 3 is 2.62 bits per heavy atom. The molecule has 0 radical (unpaired) electrons. The third-order valence-electron chi connectivity index (χ3n) is 3.34. The molecule has 21 heavy (non-hydrogen) atoms. The molecule has 118 valence electrons. The van der Waals surface area contributed by atoms with Gasteiger partial charge in [0.2, 0.25) is 5.91 Å². The van der Waals surface area contributed by atoms with E-state index < -0.39 is 0 Å². The van der Waals surface area contributed by atoms with Crippen LogP contribution in [0, 0.1) is 0 Å². The third kappa shape index (κ3) is 5.81. The molecule has 0 aliphatic carbocycles. The van der Waals surface area contributed by atoms with Crippen molar-refractivity contribution in [2.75, 3.05) is 39.9 Å². The number of carbonyl (C=O) groups is 1. The number of nitrogens with zero attached hydrogens (tertiary/aromatic N) is 1. The molecule has 0 saturated carbocycles. The summed E-state index contributed by atoms with van der Waals surface area (Å²) in [5.74, 6) is 1.73. The van der Waals surface area contributed by atoms with Crippen molar-refractivity contribution in [1.29, 1.82) is 0 Å². The van der Waals surface area contributed by atoms with Gasteiger partial charge in [0, 0.05) is 19.6 Å². The summed E-state index contributed by atoms with van der Waals surface area (Å²) in [6.45, 7) is 3.92. The summed E-state index contributed by atoms with van der Waals surface area (Å²) in [6.07, 6.45) is 1.44. The van der Waals surface area contributed by atoms with Gasteiger partial charge < -0.3 is 19.7 Å². The van der Waals surface area contributed by atoms with Crippen LogP contribution in [0.4, 0.5) is 0 Å². The molecule has 0 atom stereocenters. The van der Waals surface area contributed by atoms with E-state index >= 15 is 0 Å². The molecule has 1 aromatic rings. The predicted molar refractivity (Wildman–Crippen MR) is 84.4 cm³/mol. The van der Waals surface area contributed by atoms with E-state index in [1.54, 1.807) is 7.11 Å². The number of rotatable bonds is 5. The Morgan fingerprint density at radius 2 is 1.90 bits per heavy atom. The molecule has 1 fully saturated rings. The van der Waals surface area contributed by atoms with Gasteiger partial charge in [-0.05, 0) is 37.2 Å². The minimum absolute atomic E-state index is 0. The molecule has 2 rings (SSSR count). The molecule has 0 aromatic heterocycles. The van der Waals surface area contributed by atoms with Gasteiger partial charge in [0.05, 0.1) is 20.1 Å². The summed E-state index contributed by atoms with van der Waals surface area (Å²) >= 11 is 0. The number of ether oxygens (including phenoxy) is 2. The average molecular weight is 315 g/mol. The Labute approximate surface area is 132 Å². The Balaban J connectivity index is 0.00000220. The highest BCUT2D eigenvalue weighted by atomic mass is 35.5. The zero-order chi connectivity index (χ0) is 14.2. The molecule has 1 N–H and O–H groups in total. The van der Waals surface area contributed by atoms with E-state index in [0.717, 1.165) is 44.1 Å². The summed E-state index contributed by atoms with van der Waals surface area (Å²) in [4.78, 5) is 14.0. The molecule has 1 aliphatic rings. The fraction of sp³-hybridized carbons (Fsp3) is 0.533. The van der Waals surface area contributed by atoms with Gasteiger partial charge in [0.15, 0.2) is 0 Å². The normalized spacial score (nSPS) is 14.8. The lowest BCUT2D eigenvalue weighted by Crippen LogP contribution is -2.34. The lowest BCUT2D eigenvalue weighted by Gasteiger charge is -2.19. The SMILES string of the molecule is COc1ccc(OCCC(=O)N2CCCNCC2)cc1.Cl. The second-order valence-corrected chi connectivity index (χ2v) is 4.76. The van der Waals surface area contributed by atoms with Gasteiger partial charge in [-0.1, -0.05) is 0 Å². The topological polar surface area (TPSA) is 50.8 Å². The standard InChI is InChI=1S/C15H22N2O3.ClH/c1-19-13-3-5-14(6-4-13)20-12-7-15(18)17-10-2-8-16-9-11-17;/h3-6,16H,2,7-12H2,1H3;1H. The summed E-state index contributed by atoms with van der Waals surface area (Å²) in [7, 11) is 1.63. The quantitative estimate of drug-likeness (QED) is 0.899. The second-order valence-electron chi connectivity index (χ2n) is 4.76. The average Bonchev–Trinajstić information content (AvgIpc) is 2.77. The van der Waals surface area contributed by atoms with Gasteiger partial charge in [0.1, 0.15) is 11.5 Å². The molecule has 1 heterocycles. The second kappa shape index (κ2) is 9.47. The van der Waals surface area contributed by atoms with Crippen LogP contribution < -0.4 is 14.8 Å². The lowest BCUT2D eigenvalue weighted by atomic mass is 10.3. The number of carbonyl (C=O) groups excluding carboxylic acids is 1. The number of hydrogen-bond donors (Lipinski definition) is 1. The van der Waals surface area contributed by atoms with Crippen LogP contribution in [0.5, 0.6) is 11.5 Å². The smallest absolute Gasteiger partial charge is 0.226 e. The van der Waals surface area contributed by atoms with Crippen LogP contribution in [-0.2, 0) is 4.79 Å². The molecular weight excluding hydrogens is 292 g/mol. The molecule has 6 heteroatoms. The molecule has 0 spiro atoms. The maximum Gasteiger partial charge on any atom is 0.226 e. The van der Waals surface area contributed by atoms with Gasteiger partial charge in [-0.15, -0.1) is 12.4 Å². The lowest BCUT2D eigenvalue weighted by molar-refractivity contribution is -0.131. The van der Waals surface area contributed by atoms with Crippen molar-refractivity contribution in [2.45, 2.75) is 12.8 Å². The Kier molecular flexibility index (Phi) is 7.93. The van der Waals surface area contributed by atoms with Gasteiger partial charge >= 0.3 is 0 Å². The van der Waals surface area contributed by atoms with Crippen LogP contribution in [0.2, 0.25) is 0 Å². The van der Waals surface area contributed by atoms with Crippen LogP contribution in [0.1, 0.15) is 12.8 Å². The van der Waals surface area contributed by atoms with Crippen LogP contribution >= 0.6 is 12.4 Å². The van der Waals surface area contributed by atoms with E-state index in [0.29, 0.717) is 13.0 Å². The van der Waals surface area contributed by atoms with Crippen LogP contribution in [0.25, 0.3) is 0 Å². The first-order chi connectivity index (χ1) is 9.79. The summed E-state index contributed by atoms with van der Waals surface area (Å²) < 4.78 is 10.7. The van der Waals surface area contributed by atoms with Gasteiger partial charge in [-0.25, -0.2) is 0 Å². The highest BCUT2D eigenvalue weighted by molar-refractivity contribution is 5.85. The monoisotopic (exact) mass is 314 g/mol. The van der Waals surface area contributed by atoms with Crippen LogP contribution in [0.3, 0.4) is 0 Å². The zero-order valence-electron chi connectivity index (χ0n) is 12.3. The van der Waals surface area contributed by atoms with Crippen molar-refractivity contribution in [2.24, 2.45) is 0 Å². The molecule has 1 aliphatic heterocycles. The van der Waals surface area contributed by atoms with E-state index in [9.17, 15) is 4.79 Å².